The van der Waals surface area contributed by atoms with Gasteiger partial charge in [-0.15, -0.1) is 11.3 Å². The Morgan fingerprint density at radius 2 is 2.00 bits per heavy atom. The molecule has 2 aliphatic carbocycles. The first-order valence-electron chi connectivity index (χ1n) is 8.71. The van der Waals surface area contributed by atoms with E-state index in [1.165, 1.54) is 0 Å². The van der Waals surface area contributed by atoms with E-state index in [4.69, 9.17) is 4.98 Å². The number of amides is 2. The van der Waals surface area contributed by atoms with E-state index in [0.29, 0.717) is 24.3 Å². The van der Waals surface area contributed by atoms with Gasteiger partial charge in [-0.05, 0) is 38.5 Å². The molecule has 3 aliphatic rings. The standard InChI is InChI=1S/C17H23N3O2S/c21-15(11-3-4-11)18-8-14-10-23-16(19-14)13-2-1-7-20(9-13)17(22)12-5-6-12/h10-13H,1-9H2,(H,18,21)/t13-/m0/s1. The van der Waals surface area contributed by atoms with E-state index in [9.17, 15) is 9.59 Å². The first-order valence-corrected chi connectivity index (χ1v) is 9.59. The number of hydrogen-bond acceptors (Lipinski definition) is 4. The molecule has 5 nitrogen and oxygen atoms in total. The molecule has 2 amide bonds. The lowest BCUT2D eigenvalue weighted by Gasteiger charge is -2.32. The van der Waals surface area contributed by atoms with Crippen molar-refractivity contribution < 1.29 is 9.59 Å². The molecule has 0 unspecified atom stereocenters. The summed E-state index contributed by atoms with van der Waals surface area (Å²) in [5.74, 6) is 1.43. The molecule has 4 rings (SSSR count). The molecule has 0 spiro atoms. The lowest BCUT2D eigenvalue weighted by Crippen LogP contribution is -2.39. The Morgan fingerprint density at radius 3 is 2.74 bits per heavy atom. The second kappa shape index (κ2) is 6.23. The molecule has 1 N–H and O–H groups in total. The summed E-state index contributed by atoms with van der Waals surface area (Å²) in [5, 5.41) is 6.13. The molecular weight excluding hydrogens is 310 g/mol. The average Bonchev–Trinajstić information content (AvgIpc) is 3.49. The summed E-state index contributed by atoms with van der Waals surface area (Å²) in [6, 6.07) is 0. The van der Waals surface area contributed by atoms with Gasteiger partial charge < -0.3 is 10.2 Å². The third-order valence-electron chi connectivity index (χ3n) is 4.97. The summed E-state index contributed by atoms with van der Waals surface area (Å²) in [6.45, 7) is 2.25. The zero-order chi connectivity index (χ0) is 15.8. The van der Waals surface area contributed by atoms with Crippen LogP contribution < -0.4 is 5.32 Å². The number of thiazole rings is 1. The summed E-state index contributed by atoms with van der Waals surface area (Å²) >= 11 is 1.67. The molecule has 6 heteroatoms. The highest BCUT2D eigenvalue weighted by atomic mass is 32.1. The van der Waals surface area contributed by atoms with Crippen molar-refractivity contribution in [1.82, 2.24) is 15.2 Å². The summed E-state index contributed by atoms with van der Waals surface area (Å²) in [4.78, 5) is 30.7. The van der Waals surface area contributed by atoms with Gasteiger partial charge in [-0.25, -0.2) is 4.98 Å². The Morgan fingerprint density at radius 1 is 1.22 bits per heavy atom. The zero-order valence-electron chi connectivity index (χ0n) is 13.3. The van der Waals surface area contributed by atoms with Crippen LogP contribution in [0.3, 0.4) is 0 Å². The molecule has 2 saturated carbocycles. The lowest BCUT2D eigenvalue weighted by molar-refractivity contribution is -0.133. The van der Waals surface area contributed by atoms with Crippen LogP contribution in [0.2, 0.25) is 0 Å². The van der Waals surface area contributed by atoms with Gasteiger partial charge in [-0.3, -0.25) is 9.59 Å². The van der Waals surface area contributed by atoms with E-state index in [0.717, 1.165) is 62.3 Å². The zero-order valence-corrected chi connectivity index (χ0v) is 14.1. The second-order valence-corrected chi connectivity index (χ2v) is 7.96. The van der Waals surface area contributed by atoms with Crippen molar-refractivity contribution in [3.05, 3.63) is 16.1 Å². The predicted octanol–water partition coefficient (Wildman–Crippen LogP) is 2.29. The van der Waals surface area contributed by atoms with Gasteiger partial charge in [0.2, 0.25) is 11.8 Å². The van der Waals surface area contributed by atoms with E-state index in [-0.39, 0.29) is 11.8 Å². The molecule has 1 aliphatic heterocycles. The van der Waals surface area contributed by atoms with Crippen LogP contribution in [-0.4, -0.2) is 34.8 Å². The number of likely N-dealkylation sites (tertiary alicyclic amines) is 1. The summed E-state index contributed by atoms with van der Waals surface area (Å²) in [7, 11) is 0. The smallest absolute Gasteiger partial charge is 0.225 e. The fourth-order valence-corrected chi connectivity index (χ4v) is 4.17. The number of piperidine rings is 1. The lowest BCUT2D eigenvalue weighted by atomic mass is 9.98. The number of nitrogens with one attached hydrogen (secondary N) is 1. The largest absolute Gasteiger partial charge is 0.350 e. The Labute approximate surface area is 140 Å². The van der Waals surface area contributed by atoms with Crippen molar-refractivity contribution >= 4 is 23.2 Å². The van der Waals surface area contributed by atoms with Crippen LogP contribution in [0.4, 0.5) is 0 Å². The molecule has 0 aromatic carbocycles. The maximum Gasteiger partial charge on any atom is 0.225 e. The number of aromatic nitrogens is 1. The minimum Gasteiger partial charge on any atom is -0.350 e. The second-order valence-electron chi connectivity index (χ2n) is 7.07. The van der Waals surface area contributed by atoms with Gasteiger partial charge in [-0.1, -0.05) is 0 Å². The Hall–Kier alpha value is -1.43. The first-order chi connectivity index (χ1) is 11.2. The predicted molar refractivity (Wildman–Crippen MR) is 88.0 cm³/mol. The molecule has 2 heterocycles. The van der Waals surface area contributed by atoms with Gasteiger partial charge >= 0.3 is 0 Å². The highest BCUT2D eigenvalue weighted by molar-refractivity contribution is 7.09. The SMILES string of the molecule is O=C(NCc1csc([C@H]2CCCN(C(=O)C3CC3)C2)n1)C1CC1. The number of rotatable bonds is 5. The van der Waals surface area contributed by atoms with Crippen LogP contribution >= 0.6 is 11.3 Å². The number of hydrogen-bond donors (Lipinski definition) is 1. The minimum atomic E-state index is 0.165. The van der Waals surface area contributed by atoms with E-state index in [2.05, 4.69) is 5.32 Å². The van der Waals surface area contributed by atoms with Gasteiger partial charge in [-0.2, -0.15) is 0 Å². The van der Waals surface area contributed by atoms with Crippen molar-refractivity contribution in [1.29, 1.82) is 0 Å². The fraction of sp³-hybridized carbons (Fsp3) is 0.706. The van der Waals surface area contributed by atoms with Crippen molar-refractivity contribution in [3.63, 3.8) is 0 Å². The molecule has 3 fully saturated rings. The minimum absolute atomic E-state index is 0.165. The fourth-order valence-electron chi connectivity index (χ4n) is 3.23. The molecule has 1 atom stereocenters. The molecule has 1 aromatic rings. The van der Waals surface area contributed by atoms with Crippen LogP contribution in [0.15, 0.2) is 5.38 Å². The topological polar surface area (TPSA) is 62.3 Å². The van der Waals surface area contributed by atoms with Crippen molar-refractivity contribution in [3.8, 4) is 0 Å². The van der Waals surface area contributed by atoms with Crippen LogP contribution in [0.5, 0.6) is 0 Å². The summed E-state index contributed by atoms with van der Waals surface area (Å²) < 4.78 is 0. The summed E-state index contributed by atoms with van der Waals surface area (Å²) in [5.41, 5.74) is 0.949. The number of carbonyl (C=O) groups excluding carboxylic acids is 2. The highest BCUT2D eigenvalue weighted by Gasteiger charge is 2.36. The normalized spacial score (nSPS) is 24.5. The molecule has 0 radical (unpaired) electrons. The molecule has 1 aromatic heterocycles. The molecule has 0 bridgehead atoms. The quantitative estimate of drug-likeness (QED) is 0.899. The molecule has 124 valence electrons. The number of nitrogens with zero attached hydrogens (tertiary/aromatic N) is 2. The maximum absolute atomic E-state index is 12.3. The van der Waals surface area contributed by atoms with Crippen molar-refractivity contribution in [2.24, 2.45) is 11.8 Å². The van der Waals surface area contributed by atoms with E-state index < -0.39 is 0 Å². The molecule has 1 saturated heterocycles. The molecular formula is C17H23N3O2S. The van der Waals surface area contributed by atoms with E-state index in [1.807, 2.05) is 10.3 Å². The summed E-state index contributed by atoms with van der Waals surface area (Å²) in [6.07, 6.45) is 6.37. The van der Waals surface area contributed by atoms with Crippen LogP contribution in [0.1, 0.15) is 55.1 Å². The Balaban J connectivity index is 1.33. The van der Waals surface area contributed by atoms with Gasteiger partial charge in [0.15, 0.2) is 0 Å². The molecule has 23 heavy (non-hydrogen) atoms. The van der Waals surface area contributed by atoms with Gasteiger partial charge in [0, 0.05) is 36.2 Å². The van der Waals surface area contributed by atoms with Crippen LogP contribution in [0, 0.1) is 11.8 Å². The van der Waals surface area contributed by atoms with Crippen molar-refractivity contribution in [2.45, 2.75) is 51.0 Å². The Kier molecular flexibility index (Phi) is 4.09. The monoisotopic (exact) mass is 333 g/mol. The number of carbonyl (C=O) groups is 2. The van der Waals surface area contributed by atoms with Gasteiger partial charge in [0.1, 0.15) is 0 Å². The third kappa shape index (κ3) is 3.57. The van der Waals surface area contributed by atoms with Crippen LogP contribution in [0.25, 0.3) is 0 Å². The Bertz CT molecular complexity index is 607. The van der Waals surface area contributed by atoms with Gasteiger partial charge in [0.05, 0.1) is 17.2 Å². The van der Waals surface area contributed by atoms with Gasteiger partial charge in [0.25, 0.3) is 0 Å². The first kappa shape index (κ1) is 15.1. The van der Waals surface area contributed by atoms with Crippen molar-refractivity contribution in [2.75, 3.05) is 13.1 Å². The van der Waals surface area contributed by atoms with Crippen LogP contribution in [-0.2, 0) is 16.1 Å². The highest BCUT2D eigenvalue weighted by Crippen LogP contribution is 2.35. The third-order valence-corrected chi connectivity index (χ3v) is 6.03. The van der Waals surface area contributed by atoms with E-state index >= 15 is 0 Å². The average molecular weight is 333 g/mol. The maximum atomic E-state index is 12.3. The van der Waals surface area contributed by atoms with E-state index in [1.54, 1.807) is 11.3 Å².